The zero-order valence-corrected chi connectivity index (χ0v) is 9.94. The summed E-state index contributed by atoms with van der Waals surface area (Å²) in [6.07, 6.45) is 5.81. The minimum absolute atomic E-state index is 0.341. The van der Waals surface area contributed by atoms with Crippen LogP contribution in [-0.2, 0) is 11.3 Å². The molecule has 3 heteroatoms. The summed E-state index contributed by atoms with van der Waals surface area (Å²) in [4.78, 5) is 4.95. The highest BCUT2D eigenvalue weighted by Crippen LogP contribution is 2.05. The Hall–Kier alpha value is -1.32. The average molecular weight is 220 g/mol. The molecule has 16 heavy (non-hydrogen) atoms. The second-order valence-electron chi connectivity index (χ2n) is 3.57. The van der Waals surface area contributed by atoms with Gasteiger partial charge in [-0.15, -0.1) is 0 Å². The van der Waals surface area contributed by atoms with E-state index in [0.717, 1.165) is 12.8 Å². The van der Waals surface area contributed by atoms with E-state index >= 15 is 0 Å². The lowest BCUT2D eigenvalue weighted by atomic mass is 10.1. The number of hydrogen-bond acceptors (Lipinski definition) is 3. The molecule has 0 amide bonds. The quantitative estimate of drug-likeness (QED) is 0.543. The normalized spacial score (nSPS) is 12.9. The third-order valence-corrected chi connectivity index (χ3v) is 2.45. The molecule has 1 atom stereocenters. The van der Waals surface area contributed by atoms with Gasteiger partial charge in [-0.05, 0) is 31.5 Å². The predicted molar refractivity (Wildman–Crippen MR) is 66.9 cm³/mol. The van der Waals surface area contributed by atoms with E-state index < -0.39 is 0 Å². The molecule has 2 N–H and O–H groups in total. The minimum Gasteiger partial charge on any atom is -0.417 e. The number of hydrogen-bond donors (Lipinski definition) is 2. The standard InChI is InChI=1S/C13H20N2O/c1-14-13(10-11-16-15-2)9-8-12-6-4-3-5-7-12/h3-7,10-11,13-15H,8-9H2,1-2H3/b11-10+. The Morgan fingerprint density at radius 3 is 2.62 bits per heavy atom. The minimum atomic E-state index is 0.341. The molecular formula is C13H20N2O. The van der Waals surface area contributed by atoms with Crippen molar-refractivity contribution >= 4 is 0 Å². The van der Waals surface area contributed by atoms with Crippen molar-refractivity contribution in [1.29, 1.82) is 0 Å². The molecule has 0 aliphatic rings. The molecule has 0 radical (unpaired) electrons. The molecule has 0 aromatic heterocycles. The van der Waals surface area contributed by atoms with Crippen molar-refractivity contribution in [2.75, 3.05) is 14.1 Å². The highest BCUT2D eigenvalue weighted by Gasteiger charge is 2.01. The molecule has 0 saturated carbocycles. The van der Waals surface area contributed by atoms with E-state index in [1.54, 1.807) is 13.3 Å². The first-order valence-electron chi connectivity index (χ1n) is 5.57. The molecule has 1 rings (SSSR count). The lowest BCUT2D eigenvalue weighted by molar-refractivity contribution is 0.157. The highest BCUT2D eigenvalue weighted by atomic mass is 16.6. The van der Waals surface area contributed by atoms with E-state index in [2.05, 4.69) is 35.1 Å². The maximum atomic E-state index is 4.95. The summed E-state index contributed by atoms with van der Waals surface area (Å²) in [5, 5.41) is 3.24. The van der Waals surface area contributed by atoms with Crippen LogP contribution in [0.15, 0.2) is 42.7 Å². The Morgan fingerprint density at radius 2 is 2.00 bits per heavy atom. The topological polar surface area (TPSA) is 33.3 Å². The Kier molecular flexibility index (Phi) is 6.30. The molecule has 0 fully saturated rings. The van der Waals surface area contributed by atoms with Crippen molar-refractivity contribution in [1.82, 2.24) is 10.8 Å². The van der Waals surface area contributed by atoms with Crippen molar-refractivity contribution in [3.63, 3.8) is 0 Å². The Morgan fingerprint density at radius 1 is 1.25 bits per heavy atom. The van der Waals surface area contributed by atoms with Crippen molar-refractivity contribution in [2.24, 2.45) is 0 Å². The van der Waals surface area contributed by atoms with Gasteiger partial charge in [-0.3, -0.25) is 0 Å². The SMILES string of the molecule is CNO/C=C/C(CCc1ccccc1)NC. The third-order valence-electron chi connectivity index (χ3n) is 2.45. The van der Waals surface area contributed by atoms with Crippen LogP contribution in [0, 0.1) is 0 Å². The van der Waals surface area contributed by atoms with Crippen molar-refractivity contribution in [3.05, 3.63) is 48.2 Å². The van der Waals surface area contributed by atoms with Crippen LogP contribution in [-0.4, -0.2) is 20.1 Å². The van der Waals surface area contributed by atoms with E-state index in [4.69, 9.17) is 4.84 Å². The molecule has 0 bridgehead atoms. The van der Waals surface area contributed by atoms with Crippen LogP contribution >= 0.6 is 0 Å². The van der Waals surface area contributed by atoms with Gasteiger partial charge >= 0.3 is 0 Å². The number of rotatable bonds is 7. The summed E-state index contributed by atoms with van der Waals surface area (Å²) < 4.78 is 0. The van der Waals surface area contributed by atoms with Crippen LogP contribution in [0.2, 0.25) is 0 Å². The maximum Gasteiger partial charge on any atom is 0.108 e. The smallest absolute Gasteiger partial charge is 0.108 e. The van der Waals surface area contributed by atoms with Gasteiger partial charge in [0, 0.05) is 13.1 Å². The van der Waals surface area contributed by atoms with Crippen molar-refractivity contribution in [3.8, 4) is 0 Å². The van der Waals surface area contributed by atoms with Crippen LogP contribution in [0.3, 0.4) is 0 Å². The largest absolute Gasteiger partial charge is 0.417 e. The number of hydroxylamine groups is 1. The fourth-order valence-corrected chi connectivity index (χ4v) is 1.51. The first kappa shape index (κ1) is 12.7. The highest BCUT2D eigenvalue weighted by molar-refractivity contribution is 5.15. The molecule has 0 aliphatic heterocycles. The monoisotopic (exact) mass is 220 g/mol. The molecule has 0 saturated heterocycles. The second-order valence-corrected chi connectivity index (χ2v) is 3.57. The van der Waals surface area contributed by atoms with Gasteiger partial charge in [0.1, 0.15) is 6.26 Å². The van der Waals surface area contributed by atoms with E-state index in [0.29, 0.717) is 6.04 Å². The van der Waals surface area contributed by atoms with Crippen LogP contribution in [0.1, 0.15) is 12.0 Å². The van der Waals surface area contributed by atoms with Gasteiger partial charge in [0.05, 0.1) is 0 Å². The zero-order chi connectivity index (χ0) is 11.6. The molecule has 0 aliphatic carbocycles. The van der Waals surface area contributed by atoms with Gasteiger partial charge < -0.3 is 10.2 Å². The van der Waals surface area contributed by atoms with Crippen LogP contribution in [0.25, 0.3) is 0 Å². The molecule has 1 aromatic rings. The summed E-state index contributed by atoms with van der Waals surface area (Å²) in [5.74, 6) is 0. The lowest BCUT2D eigenvalue weighted by Gasteiger charge is -2.11. The van der Waals surface area contributed by atoms with Gasteiger partial charge in [-0.25, -0.2) is 0 Å². The van der Waals surface area contributed by atoms with E-state index in [-0.39, 0.29) is 0 Å². The number of benzene rings is 1. The molecule has 0 heterocycles. The molecule has 1 unspecified atom stereocenters. The van der Waals surface area contributed by atoms with E-state index in [9.17, 15) is 0 Å². The number of likely N-dealkylation sites (N-methyl/N-ethyl adjacent to an activating group) is 1. The Balaban J connectivity index is 2.34. The van der Waals surface area contributed by atoms with E-state index in [1.165, 1.54) is 5.56 Å². The summed E-state index contributed by atoms with van der Waals surface area (Å²) >= 11 is 0. The van der Waals surface area contributed by atoms with Crippen LogP contribution in [0.5, 0.6) is 0 Å². The maximum absolute atomic E-state index is 4.95. The van der Waals surface area contributed by atoms with Crippen LogP contribution in [0.4, 0.5) is 0 Å². The molecule has 1 aromatic carbocycles. The summed E-state index contributed by atoms with van der Waals surface area (Å²) in [6.45, 7) is 0. The Labute approximate surface area is 97.5 Å². The average Bonchev–Trinajstić information content (AvgIpc) is 2.35. The van der Waals surface area contributed by atoms with Gasteiger partial charge in [-0.1, -0.05) is 30.3 Å². The summed E-state index contributed by atoms with van der Waals surface area (Å²) in [5.41, 5.74) is 3.97. The third kappa shape index (κ3) is 4.96. The van der Waals surface area contributed by atoms with Crippen LogP contribution < -0.4 is 10.8 Å². The van der Waals surface area contributed by atoms with Gasteiger partial charge in [-0.2, -0.15) is 5.48 Å². The zero-order valence-electron chi connectivity index (χ0n) is 9.94. The summed E-state index contributed by atoms with van der Waals surface area (Å²) in [6, 6.07) is 10.8. The van der Waals surface area contributed by atoms with Crippen molar-refractivity contribution in [2.45, 2.75) is 18.9 Å². The summed E-state index contributed by atoms with van der Waals surface area (Å²) in [7, 11) is 3.70. The molecule has 0 spiro atoms. The second kappa shape index (κ2) is 7.91. The van der Waals surface area contributed by atoms with E-state index in [1.807, 2.05) is 19.2 Å². The first-order valence-corrected chi connectivity index (χ1v) is 5.57. The van der Waals surface area contributed by atoms with Gasteiger partial charge in [0.2, 0.25) is 0 Å². The first-order chi connectivity index (χ1) is 7.86. The lowest BCUT2D eigenvalue weighted by Crippen LogP contribution is -2.23. The molecular weight excluding hydrogens is 200 g/mol. The van der Waals surface area contributed by atoms with Gasteiger partial charge in [0.15, 0.2) is 0 Å². The fourth-order valence-electron chi connectivity index (χ4n) is 1.51. The number of aryl methyl sites for hydroxylation is 1. The molecule has 88 valence electrons. The van der Waals surface area contributed by atoms with Gasteiger partial charge in [0.25, 0.3) is 0 Å². The number of nitrogens with one attached hydrogen (secondary N) is 2. The molecule has 3 nitrogen and oxygen atoms in total. The van der Waals surface area contributed by atoms with Crippen molar-refractivity contribution < 1.29 is 4.84 Å². The predicted octanol–water partition coefficient (Wildman–Crippen LogP) is 1.87. The Bertz CT molecular complexity index is 298. The fraction of sp³-hybridized carbons (Fsp3) is 0.385.